The summed E-state index contributed by atoms with van der Waals surface area (Å²) in [5.41, 5.74) is 1.25. The Kier molecular flexibility index (Phi) is 2.15. The monoisotopic (exact) mass is 206 g/mol. The van der Waals surface area contributed by atoms with Crippen LogP contribution in [-0.2, 0) is 0 Å². The molecule has 0 spiro atoms. The highest BCUT2D eigenvalue weighted by molar-refractivity contribution is 5.99. The van der Waals surface area contributed by atoms with Crippen molar-refractivity contribution >= 4 is 5.91 Å². The Labute approximate surface area is 86.2 Å². The smallest absolute Gasteiger partial charge is 0.252 e. The maximum absolute atomic E-state index is 11.5. The third-order valence-corrected chi connectivity index (χ3v) is 2.64. The van der Waals surface area contributed by atoms with Gasteiger partial charge < -0.3 is 5.32 Å². The van der Waals surface area contributed by atoms with Gasteiger partial charge in [-0.3, -0.25) is 14.9 Å². The molecule has 5 nitrogen and oxygen atoms in total. The van der Waals surface area contributed by atoms with Crippen LogP contribution >= 0.6 is 0 Å². The summed E-state index contributed by atoms with van der Waals surface area (Å²) in [5.74, 6) is -0.232. The molecule has 0 bridgehead atoms. The summed E-state index contributed by atoms with van der Waals surface area (Å²) in [7, 11) is 0. The molecular weight excluding hydrogens is 196 g/mol. The first-order chi connectivity index (χ1) is 7.11. The minimum absolute atomic E-state index is 0.232. The van der Waals surface area contributed by atoms with Crippen LogP contribution in [-0.4, -0.2) is 16.9 Å². The molecule has 0 radical (unpaired) electrons. The normalized spacial score (nSPS) is 20.6. The lowest BCUT2D eigenvalue weighted by Gasteiger charge is -2.12. The van der Waals surface area contributed by atoms with E-state index < -0.39 is 12.1 Å². The van der Waals surface area contributed by atoms with Crippen molar-refractivity contribution in [2.75, 3.05) is 0 Å². The van der Waals surface area contributed by atoms with E-state index in [1.54, 1.807) is 24.3 Å². The van der Waals surface area contributed by atoms with E-state index in [1.807, 2.05) is 0 Å². The lowest BCUT2D eigenvalue weighted by atomic mass is 10.0. The van der Waals surface area contributed by atoms with E-state index >= 15 is 0 Å². The third-order valence-electron chi connectivity index (χ3n) is 2.64. The number of rotatable bonds is 2. The molecule has 1 aromatic carbocycles. The van der Waals surface area contributed by atoms with Crippen LogP contribution in [0.5, 0.6) is 0 Å². The van der Waals surface area contributed by atoms with Crippen LogP contribution in [0.1, 0.15) is 28.9 Å². The van der Waals surface area contributed by atoms with Crippen molar-refractivity contribution in [3.63, 3.8) is 0 Å². The molecule has 0 aliphatic carbocycles. The second-order valence-electron chi connectivity index (χ2n) is 3.56. The fourth-order valence-corrected chi connectivity index (χ4v) is 1.77. The first-order valence-corrected chi connectivity index (χ1v) is 4.64. The molecule has 2 rings (SSSR count). The Bertz CT molecular complexity index is 430. The van der Waals surface area contributed by atoms with Crippen LogP contribution in [0, 0.1) is 10.1 Å². The molecule has 1 aromatic rings. The molecule has 1 amide bonds. The van der Waals surface area contributed by atoms with E-state index in [9.17, 15) is 14.9 Å². The minimum atomic E-state index is -0.808. The summed E-state index contributed by atoms with van der Waals surface area (Å²) in [6.07, 6.45) is 0. The van der Waals surface area contributed by atoms with E-state index in [4.69, 9.17) is 0 Å². The van der Waals surface area contributed by atoms with Crippen LogP contribution in [0.4, 0.5) is 0 Å². The van der Waals surface area contributed by atoms with Crippen LogP contribution in [0.2, 0.25) is 0 Å². The summed E-state index contributed by atoms with van der Waals surface area (Å²) in [4.78, 5) is 21.7. The second kappa shape index (κ2) is 3.34. The molecule has 1 N–H and O–H groups in total. The van der Waals surface area contributed by atoms with Gasteiger partial charge in [0.2, 0.25) is 6.04 Å². The van der Waals surface area contributed by atoms with Crippen molar-refractivity contribution in [2.24, 2.45) is 0 Å². The quantitative estimate of drug-likeness (QED) is 0.582. The summed E-state index contributed by atoms with van der Waals surface area (Å²) < 4.78 is 0. The molecule has 0 saturated heterocycles. The molecule has 1 aliphatic heterocycles. The van der Waals surface area contributed by atoms with Gasteiger partial charge in [0, 0.05) is 17.4 Å². The number of amides is 1. The van der Waals surface area contributed by atoms with E-state index in [0.717, 1.165) is 0 Å². The molecule has 0 saturated carbocycles. The molecule has 1 aliphatic rings. The van der Waals surface area contributed by atoms with Crippen LogP contribution in [0.3, 0.4) is 0 Å². The topological polar surface area (TPSA) is 72.2 Å². The van der Waals surface area contributed by atoms with Crippen LogP contribution in [0.25, 0.3) is 0 Å². The average Bonchev–Trinajstić information content (AvgIpc) is 2.56. The zero-order valence-electron chi connectivity index (χ0n) is 8.14. The van der Waals surface area contributed by atoms with Gasteiger partial charge in [0.1, 0.15) is 6.04 Å². The highest BCUT2D eigenvalue weighted by Crippen LogP contribution is 2.28. The Hall–Kier alpha value is -1.91. The maximum Gasteiger partial charge on any atom is 0.252 e. The van der Waals surface area contributed by atoms with Gasteiger partial charge in [-0.15, -0.1) is 0 Å². The summed E-state index contributed by atoms with van der Waals surface area (Å²) in [5, 5.41) is 13.3. The Morgan fingerprint density at radius 1 is 1.47 bits per heavy atom. The highest BCUT2D eigenvalue weighted by Gasteiger charge is 2.37. The van der Waals surface area contributed by atoms with Crippen molar-refractivity contribution in [1.82, 2.24) is 5.32 Å². The first-order valence-electron chi connectivity index (χ1n) is 4.64. The Morgan fingerprint density at radius 2 is 2.13 bits per heavy atom. The number of benzene rings is 1. The van der Waals surface area contributed by atoms with E-state index in [1.165, 1.54) is 6.92 Å². The van der Waals surface area contributed by atoms with Crippen molar-refractivity contribution in [2.45, 2.75) is 19.0 Å². The highest BCUT2D eigenvalue weighted by atomic mass is 16.6. The van der Waals surface area contributed by atoms with Gasteiger partial charge in [-0.2, -0.15) is 0 Å². The lowest BCUT2D eigenvalue weighted by molar-refractivity contribution is -0.522. The first kappa shape index (κ1) is 9.64. The maximum atomic E-state index is 11.5. The molecule has 1 heterocycles. The largest absolute Gasteiger partial charge is 0.338 e. The number of hydrogen-bond acceptors (Lipinski definition) is 3. The summed E-state index contributed by atoms with van der Waals surface area (Å²) in [6.45, 7) is 1.49. The van der Waals surface area contributed by atoms with E-state index in [2.05, 4.69) is 5.32 Å². The lowest BCUT2D eigenvalue weighted by Crippen LogP contribution is -2.32. The Balaban J connectivity index is 2.40. The molecule has 2 unspecified atom stereocenters. The predicted molar refractivity (Wildman–Crippen MR) is 53.1 cm³/mol. The zero-order chi connectivity index (χ0) is 11.0. The number of carbonyl (C=O) groups excluding carboxylic acids is 1. The number of nitrogens with zero attached hydrogens (tertiary/aromatic N) is 1. The van der Waals surface area contributed by atoms with Gasteiger partial charge in [0.25, 0.3) is 5.91 Å². The number of nitrogens with one attached hydrogen (secondary N) is 1. The average molecular weight is 206 g/mol. The minimum Gasteiger partial charge on any atom is -0.338 e. The second-order valence-corrected chi connectivity index (χ2v) is 3.56. The van der Waals surface area contributed by atoms with Gasteiger partial charge >= 0.3 is 0 Å². The van der Waals surface area contributed by atoms with Gasteiger partial charge in [0.05, 0.1) is 0 Å². The third kappa shape index (κ3) is 1.45. The SMILES string of the molecule is CC(C1NC(=O)c2ccccc21)[N+](=O)[O-]. The van der Waals surface area contributed by atoms with Crippen LogP contribution < -0.4 is 5.32 Å². The van der Waals surface area contributed by atoms with E-state index in [-0.39, 0.29) is 10.8 Å². The molecule has 0 fully saturated rings. The van der Waals surface area contributed by atoms with Crippen molar-refractivity contribution < 1.29 is 9.72 Å². The number of carbonyl (C=O) groups is 1. The number of fused-ring (bicyclic) bond motifs is 1. The number of nitro groups is 1. The van der Waals surface area contributed by atoms with Crippen LogP contribution in [0.15, 0.2) is 24.3 Å². The van der Waals surface area contributed by atoms with Crippen molar-refractivity contribution in [1.29, 1.82) is 0 Å². The van der Waals surface area contributed by atoms with Crippen molar-refractivity contribution in [3.8, 4) is 0 Å². The van der Waals surface area contributed by atoms with E-state index in [0.29, 0.717) is 11.1 Å². The molecule has 2 atom stereocenters. The predicted octanol–water partition coefficient (Wildman–Crippen LogP) is 1.14. The fourth-order valence-electron chi connectivity index (χ4n) is 1.77. The molecule has 5 heteroatoms. The molecule has 0 aromatic heterocycles. The number of hydrogen-bond donors (Lipinski definition) is 1. The van der Waals surface area contributed by atoms with Crippen molar-refractivity contribution in [3.05, 3.63) is 45.5 Å². The summed E-state index contributed by atoms with van der Waals surface area (Å²) >= 11 is 0. The van der Waals surface area contributed by atoms with Gasteiger partial charge in [-0.1, -0.05) is 18.2 Å². The summed E-state index contributed by atoms with van der Waals surface area (Å²) in [6, 6.07) is 5.63. The fraction of sp³-hybridized carbons (Fsp3) is 0.300. The zero-order valence-corrected chi connectivity index (χ0v) is 8.14. The molecule has 78 valence electrons. The van der Waals surface area contributed by atoms with Gasteiger partial charge in [0.15, 0.2) is 0 Å². The van der Waals surface area contributed by atoms with Gasteiger partial charge in [-0.05, 0) is 11.6 Å². The standard InChI is InChI=1S/C10H10N2O3/c1-6(12(14)15)9-7-4-2-3-5-8(7)10(13)11-9/h2-6,9H,1H3,(H,11,13). The molecule has 15 heavy (non-hydrogen) atoms. The van der Waals surface area contributed by atoms with Gasteiger partial charge in [-0.25, -0.2) is 0 Å². The Morgan fingerprint density at radius 3 is 2.80 bits per heavy atom. The molecular formula is C10H10N2O3.